The van der Waals surface area contributed by atoms with Crippen LogP contribution in [0, 0.1) is 0 Å². The van der Waals surface area contributed by atoms with E-state index in [4.69, 9.17) is 4.84 Å². The van der Waals surface area contributed by atoms with Crippen molar-refractivity contribution < 1.29 is 9.63 Å². The first kappa shape index (κ1) is 25.9. The molecule has 6 nitrogen and oxygen atoms in total. The minimum Gasteiger partial charge on any atom is -0.339 e. The average molecular weight is 564 g/mol. The number of benzene rings is 2. The normalized spacial score (nSPS) is 18.1. The third kappa shape index (κ3) is 5.74. The fourth-order valence-electron chi connectivity index (χ4n) is 5.56. The van der Waals surface area contributed by atoms with Gasteiger partial charge >= 0.3 is 0 Å². The summed E-state index contributed by atoms with van der Waals surface area (Å²) in [6.45, 7) is 8.60. The van der Waals surface area contributed by atoms with E-state index in [0.717, 1.165) is 84.1 Å². The molecule has 37 heavy (non-hydrogen) atoms. The zero-order chi connectivity index (χ0) is 25.8. The molecule has 0 radical (unpaired) electrons. The third-order valence-corrected chi connectivity index (χ3v) is 8.44. The minimum atomic E-state index is 0.112. The second kappa shape index (κ2) is 11.3. The quantitative estimate of drug-likeness (QED) is 0.371. The molecule has 2 fully saturated rings. The zero-order valence-electron chi connectivity index (χ0n) is 21.7. The van der Waals surface area contributed by atoms with Crippen molar-refractivity contribution in [2.75, 3.05) is 32.8 Å². The predicted octanol–water partition coefficient (Wildman–Crippen LogP) is 6.04. The molecule has 0 unspecified atom stereocenters. The number of pyridine rings is 1. The van der Waals surface area contributed by atoms with Crippen LogP contribution in [0.25, 0.3) is 16.6 Å². The molecule has 3 heterocycles. The lowest BCUT2D eigenvalue weighted by molar-refractivity contribution is 0.0256. The number of hydroxylamine groups is 1. The maximum atomic E-state index is 13.3. The van der Waals surface area contributed by atoms with Gasteiger partial charge in [0.15, 0.2) is 0 Å². The number of rotatable bonds is 6. The summed E-state index contributed by atoms with van der Waals surface area (Å²) < 4.78 is 1.07. The Hall–Kier alpha value is -2.74. The largest absolute Gasteiger partial charge is 0.339 e. The first-order valence-electron chi connectivity index (χ1n) is 13.2. The van der Waals surface area contributed by atoms with Gasteiger partial charge in [-0.25, -0.2) is 0 Å². The molecule has 194 valence electrons. The molecule has 0 aliphatic carbocycles. The molecule has 1 aromatic heterocycles. The summed E-state index contributed by atoms with van der Waals surface area (Å²) in [6, 6.07) is 18.1. The lowest BCUT2D eigenvalue weighted by Gasteiger charge is -2.48. The van der Waals surface area contributed by atoms with Gasteiger partial charge in [-0.2, -0.15) is 0 Å². The van der Waals surface area contributed by atoms with Gasteiger partial charge in [0.2, 0.25) is 0 Å². The number of halogens is 1. The summed E-state index contributed by atoms with van der Waals surface area (Å²) in [5, 5.41) is 1.01. The number of nitrogens with zero attached hydrogens (tertiary/aromatic N) is 3. The predicted molar refractivity (Wildman–Crippen MR) is 152 cm³/mol. The van der Waals surface area contributed by atoms with E-state index in [1.54, 1.807) is 6.20 Å². The number of carbonyl (C=O) groups excluding carboxylic acids is 1. The van der Waals surface area contributed by atoms with Gasteiger partial charge in [-0.05, 0) is 87.1 Å². The molecule has 0 spiro atoms. The van der Waals surface area contributed by atoms with Gasteiger partial charge < -0.3 is 4.90 Å². The van der Waals surface area contributed by atoms with Gasteiger partial charge in [0.25, 0.3) is 5.91 Å². The fraction of sp³-hybridized carbons (Fsp3) is 0.400. The topological polar surface area (TPSA) is 57.7 Å². The molecule has 0 atom stereocenters. The van der Waals surface area contributed by atoms with Crippen LogP contribution in [0.15, 0.2) is 70.8 Å². The van der Waals surface area contributed by atoms with Gasteiger partial charge in [0.1, 0.15) is 0 Å². The van der Waals surface area contributed by atoms with Crippen molar-refractivity contribution in [2.45, 2.75) is 45.1 Å². The Balaban J connectivity index is 1.22. The molecular weight excluding hydrogens is 528 g/mol. The number of carbonyl (C=O) groups is 1. The van der Waals surface area contributed by atoms with Gasteiger partial charge in [0, 0.05) is 53.3 Å². The fourth-order valence-corrected chi connectivity index (χ4v) is 5.83. The Morgan fingerprint density at radius 1 is 1.03 bits per heavy atom. The van der Waals surface area contributed by atoms with Crippen LogP contribution in [-0.4, -0.2) is 59.0 Å². The molecule has 1 N–H and O–H groups in total. The van der Waals surface area contributed by atoms with Crippen LogP contribution in [0.2, 0.25) is 0 Å². The Bertz CT molecular complexity index is 1270. The van der Waals surface area contributed by atoms with Crippen LogP contribution >= 0.6 is 15.9 Å². The highest BCUT2D eigenvalue weighted by molar-refractivity contribution is 9.10. The maximum absolute atomic E-state index is 13.3. The SMILES string of the molecule is CCONC(=C1CCN(C2(C)CCN(C(=O)c3ccc4ncccc4c3)CC2)CC1)c1ccc(Br)cc1. The number of fused-ring (bicyclic) bond motifs is 1. The second-order valence-corrected chi connectivity index (χ2v) is 11.1. The van der Waals surface area contributed by atoms with E-state index in [-0.39, 0.29) is 11.4 Å². The first-order chi connectivity index (χ1) is 18.0. The highest BCUT2D eigenvalue weighted by Crippen LogP contribution is 2.34. The summed E-state index contributed by atoms with van der Waals surface area (Å²) in [5.74, 6) is 0.123. The molecule has 2 aromatic carbocycles. The molecule has 7 heteroatoms. The highest BCUT2D eigenvalue weighted by atomic mass is 79.9. The van der Waals surface area contributed by atoms with Crippen LogP contribution in [0.3, 0.4) is 0 Å². The van der Waals surface area contributed by atoms with Crippen molar-refractivity contribution in [1.82, 2.24) is 20.3 Å². The smallest absolute Gasteiger partial charge is 0.253 e. The average Bonchev–Trinajstić information content (AvgIpc) is 2.94. The first-order valence-corrected chi connectivity index (χ1v) is 14.0. The van der Waals surface area contributed by atoms with Crippen molar-refractivity contribution in [2.24, 2.45) is 0 Å². The van der Waals surface area contributed by atoms with E-state index in [0.29, 0.717) is 6.61 Å². The maximum Gasteiger partial charge on any atom is 0.253 e. The van der Waals surface area contributed by atoms with E-state index in [2.05, 4.69) is 62.5 Å². The molecule has 2 aliphatic heterocycles. The number of amides is 1. The van der Waals surface area contributed by atoms with E-state index in [9.17, 15) is 4.79 Å². The summed E-state index contributed by atoms with van der Waals surface area (Å²) in [4.78, 5) is 27.9. The number of nitrogens with one attached hydrogen (secondary N) is 1. The molecule has 3 aromatic rings. The van der Waals surface area contributed by atoms with Crippen molar-refractivity contribution in [3.05, 3.63) is 82.0 Å². The van der Waals surface area contributed by atoms with E-state index in [1.165, 1.54) is 5.57 Å². The monoisotopic (exact) mass is 562 g/mol. The van der Waals surface area contributed by atoms with Gasteiger partial charge in [-0.3, -0.25) is 25.0 Å². The molecule has 2 saturated heterocycles. The Morgan fingerprint density at radius 3 is 2.43 bits per heavy atom. The molecule has 2 aliphatic rings. The zero-order valence-corrected chi connectivity index (χ0v) is 23.3. The summed E-state index contributed by atoms with van der Waals surface area (Å²) >= 11 is 3.54. The van der Waals surface area contributed by atoms with Gasteiger partial charge in [0.05, 0.1) is 17.8 Å². The van der Waals surface area contributed by atoms with E-state index in [1.807, 2.05) is 42.2 Å². The van der Waals surface area contributed by atoms with Crippen molar-refractivity contribution in [1.29, 1.82) is 0 Å². The van der Waals surface area contributed by atoms with Crippen molar-refractivity contribution in [3.63, 3.8) is 0 Å². The minimum absolute atomic E-state index is 0.112. The number of piperidine rings is 2. The summed E-state index contributed by atoms with van der Waals surface area (Å²) in [5.41, 5.74) is 8.67. The Kier molecular flexibility index (Phi) is 7.93. The van der Waals surface area contributed by atoms with Crippen molar-refractivity contribution in [3.8, 4) is 0 Å². The Labute approximate surface area is 227 Å². The van der Waals surface area contributed by atoms with Crippen LogP contribution in [0.4, 0.5) is 0 Å². The number of aromatic nitrogens is 1. The second-order valence-electron chi connectivity index (χ2n) is 10.2. The molecule has 5 rings (SSSR count). The number of hydrogen-bond acceptors (Lipinski definition) is 5. The highest BCUT2D eigenvalue weighted by Gasteiger charge is 2.38. The van der Waals surface area contributed by atoms with Gasteiger partial charge in [-0.1, -0.05) is 34.1 Å². The van der Waals surface area contributed by atoms with Crippen LogP contribution in [0.5, 0.6) is 0 Å². The number of hydrogen-bond donors (Lipinski definition) is 1. The molecule has 0 bridgehead atoms. The number of likely N-dealkylation sites (tertiary alicyclic amines) is 2. The van der Waals surface area contributed by atoms with E-state index < -0.39 is 0 Å². The van der Waals surface area contributed by atoms with Crippen LogP contribution in [-0.2, 0) is 4.84 Å². The molecule has 0 saturated carbocycles. The Morgan fingerprint density at radius 2 is 1.73 bits per heavy atom. The standard InChI is InChI=1S/C30H35BrN4O2/c1-3-37-33-28(22-6-9-26(31)10-7-22)23-12-17-35(18-13-23)30(2)14-19-34(20-15-30)29(36)25-8-11-27-24(21-25)5-4-16-32-27/h4-11,16,21,33H,3,12-15,17-20H2,1-2H3. The van der Waals surface area contributed by atoms with Crippen LogP contribution < -0.4 is 5.48 Å². The van der Waals surface area contributed by atoms with Crippen molar-refractivity contribution >= 4 is 38.4 Å². The third-order valence-electron chi connectivity index (χ3n) is 7.91. The lowest BCUT2D eigenvalue weighted by atomic mass is 9.85. The lowest BCUT2D eigenvalue weighted by Crippen LogP contribution is -2.56. The summed E-state index contributed by atoms with van der Waals surface area (Å²) in [6.07, 6.45) is 5.78. The molecular formula is C30H35BrN4O2. The van der Waals surface area contributed by atoms with Gasteiger partial charge in [-0.15, -0.1) is 0 Å². The van der Waals surface area contributed by atoms with E-state index >= 15 is 0 Å². The van der Waals surface area contributed by atoms with Crippen LogP contribution in [0.1, 0.15) is 55.5 Å². The summed E-state index contributed by atoms with van der Waals surface area (Å²) in [7, 11) is 0. The molecule has 1 amide bonds.